The molecule has 2 fully saturated rings. The average molecular weight is 319 g/mol. The topological polar surface area (TPSA) is 72.9 Å². The Kier molecular flexibility index (Phi) is 4.54. The van der Waals surface area contributed by atoms with Crippen molar-refractivity contribution in [3.63, 3.8) is 0 Å². The van der Waals surface area contributed by atoms with E-state index < -0.39 is 15.7 Å². The standard InChI is InChI=1S/C14H25NO5S/c1-14(2,3)20-13(16)15-7-11-5-10(6-12(11)8-15)9-19-21(4,17)18/h10-12H,5-9H2,1-4H3. The average Bonchev–Trinajstić information content (AvgIpc) is 2.79. The summed E-state index contributed by atoms with van der Waals surface area (Å²) in [6, 6.07) is 0. The molecule has 0 spiro atoms. The molecule has 1 aliphatic carbocycles. The molecule has 7 heteroatoms. The van der Waals surface area contributed by atoms with Crippen molar-refractivity contribution in [3.05, 3.63) is 0 Å². The third-order valence-electron chi connectivity index (χ3n) is 4.02. The van der Waals surface area contributed by atoms with Crippen molar-refractivity contribution in [3.8, 4) is 0 Å². The van der Waals surface area contributed by atoms with Crippen LogP contribution < -0.4 is 0 Å². The van der Waals surface area contributed by atoms with Crippen molar-refractivity contribution in [2.75, 3.05) is 26.0 Å². The minimum atomic E-state index is -3.36. The largest absolute Gasteiger partial charge is 0.444 e. The van der Waals surface area contributed by atoms with E-state index >= 15 is 0 Å². The van der Waals surface area contributed by atoms with Crippen LogP contribution in [0.25, 0.3) is 0 Å². The quantitative estimate of drug-likeness (QED) is 0.742. The summed E-state index contributed by atoms with van der Waals surface area (Å²) in [5.41, 5.74) is -0.472. The molecule has 2 rings (SSSR count). The number of carbonyl (C=O) groups excluding carboxylic acids is 1. The van der Waals surface area contributed by atoms with Crippen LogP contribution >= 0.6 is 0 Å². The van der Waals surface area contributed by atoms with Gasteiger partial charge in [-0.1, -0.05) is 0 Å². The molecule has 21 heavy (non-hydrogen) atoms. The zero-order valence-corrected chi connectivity index (χ0v) is 14.0. The molecule has 1 saturated carbocycles. The Hall–Kier alpha value is -0.820. The minimum absolute atomic E-state index is 0.249. The summed E-state index contributed by atoms with van der Waals surface area (Å²) in [7, 11) is -3.36. The number of ether oxygens (including phenoxy) is 1. The normalized spacial score (nSPS) is 29.5. The van der Waals surface area contributed by atoms with E-state index in [0.717, 1.165) is 19.1 Å². The van der Waals surface area contributed by atoms with E-state index in [1.54, 1.807) is 4.90 Å². The fourth-order valence-electron chi connectivity index (χ4n) is 3.26. The van der Waals surface area contributed by atoms with Crippen LogP contribution in [0.4, 0.5) is 4.79 Å². The molecule has 1 heterocycles. The molecule has 0 aromatic carbocycles. The van der Waals surface area contributed by atoms with Gasteiger partial charge in [-0.3, -0.25) is 4.18 Å². The fourth-order valence-corrected chi connectivity index (χ4v) is 3.70. The number of fused-ring (bicyclic) bond motifs is 1. The highest BCUT2D eigenvalue weighted by Gasteiger charge is 2.43. The Bertz CT molecular complexity index is 482. The van der Waals surface area contributed by atoms with Crippen LogP contribution in [0.1, 0.15) is 33.6 Å². The van der Waals surface area contributed by atoms with Crippen molar-refractivity contribution in [2.24, 2.45) is 17.8 Å². The zero-order chi connectivity index (χ0) is 15.8. The molecule has 6 nitrogen and oxygen atoms in total. The monoisotopic (exact) mass is 319 g/mol. The molecule has 2 unspecified atom stereocenters. The maximum Gasteiger partial charge on any atom is 0.410 e. The molecule has 2 atom stereocenters. The minimum Gasteiger partial charge on any atom is -0.444 e. The fraction of sp³-hybridized carbons (Fsp3) is 0.929. The highest BCUT2D eigenvalue weighted by Crippen LogP contribution is 2.42. The Labute approximate surface area is 126 Å². The highest BCUT2D eigenvalue weighted by molar-refractivity contribution is 7.85. The van der Waals surface area contributed by atoms with Gasteiger partial charge in [-0.25, -0.2) is 4.79 Å². The lowest BCUT2D eigenvalue weighted by atomic mass is 10.0. The number of hydrogen-bond donors (Lipinski definition) is 0. The predicted molar refractivity (Wildman–Crippen MR) is 78.3 cm³/mol. The van der Waals surface area contributed by atoms with Gasteiger partial charge >= 0.3 is 6.09 Å². The van der Waals surface area contributed by atoms with E-state index in [2.05, 4.69) is 0 Å². The Morgan fingerprint density at radius 3 is 2.14 bits per heavy atom. The highest BCUT2D eigenvalue weighted by atomic mass is 32.2. The van der Waals surface area contributed by atoms with Crippen LogP contribution in [0.2, 0.25) is 0 Å². The summed E-state index contributed by atoms with van der Waals surface area (Å²) in [6.45, 7) is 7.25. The number of amides is 1. The molecular formula is C14H25NO5S. The lowest BCUT2D eigenvalue weighted by Crippen LogP contribution is -2.36. The second-order valence-corrected chi connectivity index (χ2v) is 8.88. The molecule has 1 aliphatic heterocycles. The number of rotatable bonds is 3. The van der Waals surface area contributed by atoms with Crippen LogP contribution in [-0.2, 0) is 19.0 Å². The molecule has 2 aliphatic rings. The van der Waals surface area contributed by atoms with Crippen molar-refractivity contribution in [1.82, 2.24) is 4.90 Å². The molecule has 0 bridgehead atoms. The summed E-state index contributed by atoms with van der Waals surface area (Å²) in [5, 5.41) is 0. The van der Waals surface area contributed by atoms with E-state index in [9.17, 15) is 13.2 Å². The van der Waals surface area contributed by atoms with Crippen LogP contribution in [-0.4, -0.2) is 51.0 Å². The van der Waals surface area contributed by atoms with Crippen molar-refractivity contribution in [2.45, 2.75) is 39.2 Å². The van der Waals surface area contributed by atoms with Gasteiger partial charge in [0.25, 0.3) is 10.1 Å². The van der Waals surface area contributed by atoms with E-state index in [1.165, 1.54) is 0 Å². The van der Waals surface area contributed by atoms with Crippen molar-refractivity contribution < 1.29 is 22.1 Å². The Morgan fingerprint density at radius 2 is 1.71 bits per heavy atom. The van der Waals surface area contributed by atoms with E-state index in [4.69, 9.17) is 8.92 Å². The molecule has 122 valence electrons. The van der Waals surface area contributed by atoms with Gasteiger partial charge in [0.1, 0.15) is 5.60 Å². The first kappa shape index (κ1) is 16.5. The summed E-state index contributed by atoms with van der Waals surface area (Å²) in [5.74, 6) is 1.15. The van der Waals surface area contributed by atoms with E-state index in [-0.39, 0.29) is 18.6 Å². The molecule has 1 saturated heterocycles. The number of carbonyl (C=O) groups is 1. The second-order valence-electron chi connectivity index (χ2n) is 7.23. The number of hydrogen-bond acceptors (Lipinski definition) is 5. The summed E-state index contributed by atoms with van der Waals surface area (Å²) >= 11 is 0. The first-order valence-corrected chi connectivity index (χ1v) is 9.17. The molecule has 0 aromatic rings. The van der Waals surface area contributed by atoms with Crippen molar-refractivity contribution >= 4 is 16.2 Å². The molecule has 0 aromatic heterocycles. The van der Waals surface area contributed by atoms with E-state index in [1.807, 2.05) is 20.8 Å². The third-order valence-corrected chi connectivity index (χ3v) is 4.58. The first-order chi connectivity index (χ1) is 9.53. The third kappa shape index (κ3) is 4.85. The lowest BCUT2D eigenvalue weighted by molar-refractivity contribution is 0.0276. The molecule has 0 N–H and O–H groups in total. The van der Waals surface area contributed by atoms with Gasteiger partial charge in [-0.15, -0.1) is 0 Å². The van der Waals surface area contributed by atoms with E-state index in [0.29, 0.717) is 24.9 Å². The van der Waals surface area contributed by atoms with Crippen LogP contribution in [0.3, 0.4) is 0 Å². The zero-order valence-electron chi connectivity index (χ0n) is 13.2. The Morgan fingerprint density at radius 1 is 1.19 bits per heavy atom. The van der Waals surface area contributed by atoms with Gasteiger partial charge in [0.05, 0.1) is 12.9 Å². The second kappa shape index (κ2) is 5.76. The van der Waals surface area contributed by atoms with Crippen LogP contribution in [0.5, 0.6) is 0 Å². The smallest absolute Gasteiger partial charge is 0.410 e. The van der Waals surface area contributed by atoms with Gasteiger partial charge in [0, 0.05) is 13.1 Å². The van der Waals surface area contributed by atoms with Crippen molar-refractivity contribution in [1.29, 1.82) is 0 Å². The summed E-state index contributed by atoms with van der Waals surface area (Å²) in [6.07, 6.45) is 2.66. The maximum atomic E-state index is 12.0. The maximum absolute atomic E-state index is 12.0. The van der Waals surface area contributed by atoms with Gasteiger partial charge < -0.3 is 9.64 Å². The van der Waals surface area contributed by atoms with Gasteiger partial charge in [0.15, 0.2) is 0 Å². The number of likely N-dealkylation sites (tertiary alicyclic amines) is 1. The summed E-state index contributed by atoms with van der Waals surface area (Å²) in [4.78, 5) is 13.8. The Balaban J connectivity index is 1.80. The SMILES string of the molecule is CC(C)(C)OC(=O)N1CC2CC(COS(C)(=O)=O)CC2C1. The lowest BCUT2D eigenvalue weighted by Gasteiger charge is -2.25. The molecule has 1 amide bonds. The van der Waals surface area contributed by atoms with Crippen LogP contribution in [0.15, 0.2) is 0 Å². The molecule has 0 radical (unpaired) electrons. The predicted octanol–water partition coefficient (Wildman–Crippen LogP) is 1.86. The van der Waals surface area contributed by atoms with Gasteiger partial charge in [-0.05, 0) is 51.4 Å². The summed E-state index contributed by atoms with van der Waals surface area (Å²) < 4.78 is 32.3. The van der Waals surface area contributed by atoms with Gasteiger partial charge in [-0.2, -0.15) is 8.42 Å². The number of nitrogens with zero attached hydrogens (tertiary/aromatic N) is 1. The van der Waals surface area contributed by atoms with Crippen LogP contribution in [0, 0.1) is 17.8 Å². The van der Waals surface area contributed by atoms with Gasteiger partial charge in [0.2, 0.25) is 0 Å². The first-order valence-electron chi connectivity index (χ1n) is 7.36. The molecular weight excluding hydrogens is 294 g/mol.